The van der Waals surface area contributed by atoms with Crippen molar-refractivity contribution in [1.82, 2.24) is 9.97 Å². The predicted octanol–water partition coefficient (Wildman–Crippen LogP) is 9.46. The van der Waals surface area contributed by atoms with Gasteiger partial charge in [-0.2, -0.15) is 0 Å². The van der Waals surface area contributed by atoms with E-state index in [0.29, 0.717) is 35.7 Å². The van der Waals surface area contributed by atoms with Crippen LogP contribution in [0.3, 0.4) is 0 Å². The zero-order chi connectivity index (χ0) is 31.9. The number of ether oxygens (including phenoxy) is 2. The molecule has 0 amide bonds. The summed E-state index contributed by atoms with van der Waals surface area (Å²) in [6, 6.07) is 12.0. The molecule has 0 saturated carbocycles. The van der Waals surface area contributed by atoms with E-state index >= 15 is 0 Å². The summed E-state index contributed by atoms with van der Waals surface area (Å²) in [5.74, 6) is -0.706. The number of hydrogen-bond acceptors (Lipinski definition) is 4. The minimum atomic E-state index is -0.644. The zero-order valence-corrected chi connectivity index (χ0v) is 28.3. The van der Waals surface area contributed by atoms with E-state index in [1.165, 1.54) is 33.3 Å². The Morgan fingerprint density at radius 3 is 1.49 bits per heavy atom. The fourth-order valence-electron chi connectivity index (χ4n) is 8.47. The first-order valence-electron chi connectivity index (χ1n) is 16.7. The molecule has 2 unspecified atom stereocenters. The van der Waals surface area contributed by atoms with Gasteiger partial charge in [0.2, 0.25) is 0 Å². The van der Waals surface area contributed by atoms with Crippen LogP contribution in [0, 0.1) is 11.8 Å². The number of hydrogen-bond donors (Lipinski definition) is 2. The maximum Gasteiger partial charge on any atom is 0.317 e. The maximum absolute atomic E-state index is 13.4. The van der Waals surface area contributed by atoms with Crippen molar-refractivity contribution in [2.45, 2.75) is 110 Å². The lowest BCUT2D eigenvalue weighted by molar-refractivity contribution is -0.180. The summed E-state index contributed by atoms with van der Waals surface area (Å²) in [6.07, 6.45) is 7.59. The molecular weight excluding hydrogens is 607 g/mol. The van der Waals surface area contributed by atoms with Gasteiger partial charge in [0.25, 0.3) is 0 Å². The predicted molar refractivity (Wildman–Crippen MR) is 181 cm³/mol. The average molecular weight is 652 g/mol. The summed E-state index contributed by atoms with van der Waals surface area (Å²) in [5, 5.41) is 3.84. The van der Waals surface area contributed by atoms with Gasteiger partial charge in [0.15, 0.2) is 0 Å². The minimum absolute atomic E-state index is 0.150. The fraction of sp³-hybridized carbons (Fsp3) is 0.514. The Morgan fingerprint density at radius 1 is 0.711 bits per heavy atom. The average Bonchev–Trinajstić information content (AvgIpc) is 3.58. The molecule has 2 N–H and O–H groups in total. The number of fused-ring (bicyclic) bond motifs is 6. The molecule has 2 aromatic heterocycles. The van der Waals surface area contributed by atoms with Gasteiger partial charge in [-0.05, 0) is 99.6 Å². The van der Waals surface area contributed by atoms with Crippen molar-refractivity contribution in [3.05, 3.63) is 69.0 Å². The highest BCUT2D eigenvalue weighted by molar-refractivity contribution is 6.31. The Bertz CT molecular complexity index is 1600. The van der Waals surface area contributed by atoms with E-state index in [9.17, 15) is 9.59 Å². The van der Waals surface area contributed by atoms with Crippen LogP contribution < -0.4 is 0 Å². The van der Waals surface area contributed by atoms with Crippen molar-refractivity contribution in [2.75, 3.05) is 0 Å². The van der Waals surface area contributed by atoms with E-state index in [2.05, 4.69) is 49.8 Å². The Morgan fingerprint density at radius 2 is 1.11 bits per heavy atom. The van der Waals surface area contributed by atoms with Crippen LogP contribution in [0.15, 0.2) is 36.4 Å². The van der Waals surface area contributed by atoms with E-state index < -0.39 is 23.1 Å². The number of rotatable bonds is 10. The molecule has 2 atom stereocenters. The third-order valence-electron chi connectivity index (χ3n) is 11.1. The van der Waals surface area contributed by atoms with Crippen LogP contribution in [0.4, 0.5) is 0 Å². The molecule has 0 spiro atoms. The van der Waals surface area contributed by atoms with Crippen molar-refractivity contribution >= 4 is 56.9 Å². The Kier molecular flexibility index (Phi) is 9.02. The molecule has 240 valence electrons. The Hall–Kier alpha value is -2.96. The quantitative estimate of drug-likeness (QED) is 0.132. The number of aromatic nitrogens is 2. The molecule has 0 bridgehead atoms. The van der Waals surface area contributed by atoms with E-state index in [4.69, 9.17) is 32.7 Å². The van der Waals surface area contributed by atoms with Gasteiger partial charge in [-0.25, -0.2) is 0 Å². The van der Waals surface area contributed by atoms with Gasteiger partial charge in [-0.3, -0.25) is 9.59 Å². The first-order valence-corrected chi connectivity index (χ1v) is 17.4. The van der Waals surface area contributed by atoms with Crippen LogP contribution in [0.25, 0.3) is 21.8 Å². The van der Waals surface area contributed by atoms with Gasteiger partial charge in [-0.15, -0.1) is 0 Å². The molecule has 2 heterocycles. The summed E-state index contributed by atoms with van der Waals surface area (Å²) in [7, 11) is 0. The molecule has 0 aliphatic heterocycles. The van der Waals surface area contributed by atoms with Gasteiger partial charge in [0.05, 0.1) is 0 Å². The first-order chi connectivity index (χ1) is 21.6. The van der Waals surface area contributed by atoms with Crippen LogP contribution in [0.2, 0.25) is 10.0 Å². The Balaban J connectivity index is 1.13. The van der Waals surface area contributed by atoms with Crippen LogP contribution in [-0.4, -0.2) is 33.1 Å². The van der Waals surface area contributed by atoms with E-state index in [1.807, 2.05) is 24.3 Å². The summed E-state index contributed by atoms with van der Waals surface area (Å²) in [5.41, 5.74) is 5.84. The summed E-state index contributed by atoms with van der Waals surface area (Å²) in [4.78, 5) is 34.0. The largest absolute Gasteiger partial charge is 0.458 e. The number of halogens is 2. The van der Waals surface area contributed by atoms with Crippen LogP contribution in [0.1, 0.15) is 95.2 Å². The third kappa shape index (κ3) is 5.89. The van der Waals surface area contributed by atoms with Gasteiger partial charge in [-0.1, -0.05) is 63.0 Å². The van der Waals surface area contributed by atoms with E-state index in [-0.39, 0.29) is 18.3 Å². The van der Waals surface area contributed by atoms with Crippen LogP contribution in [0.5, 0.6) is 0 Å². The van der Waals surface area contributed by atoms with Crippen molar-refractivity contribution in [3.63, 3.8) is 0 Å². The molecule has 2 aromatic carbocycles. The summed E-state index contributed by atoms with van der Waals surface area (Å²) in [6.45, 7) is 8.29. The number of benzene rings is 2. The zero-order valence-electron chi connectivity index (χ0n) is 26.8. The smallest absolute Gasteiger partial charge is 0.317 e. The number of aryl methyl sites for hydroxylation is 2. The molecule has 0 saturated heterocycles. The van der Waals surface area contributed by atoms with Crippen molar-refractivity contribution in [3.8, 4) is 0 Å². The molecule has 2 aliphatic rings. The standard InChI is InChI=1S/C37H44Cl2N2O4/c1-5-36(6-2,22-9-13-26-28-15-11-24(38)19-32(28)40-30(26)17-22)44-34(42)21-35(43)45-37(7-3,8-4)23-10-14-27-29-16-12-25(39)20-33(29)41-31(27)18-23/h11-12,15-16,19-20,22-23,40-41H,5-10,13-14,17-18,21H2,1-4H3. The normalized spacial score (nSPS) is 18.5. The number of carbonyl (C=O) groups excluding carboxylic acids is 2. The second-order valence-electron chi connectivity index (χ2n) is 13.1. The van der Waals surface area contributed by atoms with Crippen molar-refractivity contribution in [1.29, 1.82) is 0 Å². The summed E-state index contributed by atoms with van der Waals surface area (Å²) < 4.78 is 12.6. The first kappa shape index (κ1) is 32.0. The van der Waals surface area contributed by atoms with Crippen molar-refractivity contribution in [2.24, 2.45) is 11.8 Å². The van der Waals surface area contributed by atoms with Gasteiger partial charge < -0.3 is 19.4 Å². The maximum atomic E-state index is 13.4. The lowest BCUT2D eigenvalue weighted by Gasteiger charge is -2.42. The molecule has 4 aromatic rings. The highest BCUT2D eigenvalue weighted by Gasteiger charge is 2.44. The van der Waals surface area contributed by atoms with E-state index in [0.717, 1.165) is 49.6 Å². The number of carbonyl (C=O) groups is 2. The molecule has 0 radical (unpaired) electrons. The topological polar surface area (TPSA) is 84.2 Å². The molecule has 45 heavy (non-hydrogen) atoms. The number of H-pyrrole nitrogens is 2. The molecular formula is C37H44Cl2N2O4. The molecule has 8 heteroatoms. The lowest BCUT2D eigenvalue weighted by atomic mass is 9.73. The second-order valence-corrected chi connectivity index (χ2v) is 14.0. The Labute approximate surface area is 275 Å². The van der Waals surface area contributed by atoms with Gasteiger partial charge >= 0.3 is 11.9 Å². The third-order valence-corrected chi connectivity index (χ3v) is 11.6. The lowest BCUT2D eigenvalue weighted by Crippen LogP contribution is -2.46. The second kappa shape index (κ2) is 12.7. The number of aromatic amines is 2. The van der Waals surface area contributed by atoms with Crippen LogP contribution >= 0.6 is 23.2 Å². The van der Waals surface area contributed by atoms with Crippen LogP contribution in [-0.2, 0) is 44.7 Å². The minimum Gasteiger partial charge on any atom is -0.458 e. The molecule has 6 nitrogen and oxygen atoms in total. The highest BCUT2D eigenvalue weighted by atomic mass is 35.5. The van der Waals surface area contributed by atoms with Gasteiger partial charge in [0.1, 0.15) is 17.6 Å². The van der Waals surface area contributed by atoms with Gasteiger partial charge in [0, 0.05) is 55.1 Å². The molecule has 2 aliphatic carbocycles. The highest BCUT2D eigenvalue weighted by Crippen LogP contribution is 2.43. The van der Waals surface area contributed by atoms with E-state index in [1.54, 1.807) is 0 Å². The monoisotopic (exact) mass is 650 g/mol. The van der Waals surface area contributed by atoms with Crippen molar-refractivity contribution < 1.29 is 19.1 Å². The number of esters is 2. The fourth-order valence-corrected chi connectivity index (χ4v) is 8.82. The SMILES string of the molecule is CCC(CC)(OC(=O)CC(=O)OC(CC)(CC)C1CCc2c([nH]c3cc(Cl)ccc23)C1)C1CCc2c([nH]c3cc(Cl)ccc23)C1. The molecule has 0 fully saturated rings. The number of nitrogens with one attached hydrogen (secondary N) is 2. The molecule has 6 rings (SSSR count). The summed E-state index contributed by atoms with van der Waals surface area (Å²) >= 11 is 12.5.